The number of hydrogen-bond acceptors (Lipinski definition) is 4. The summed E-state index contributed by atoms with van der Waals surface area (Å²) in [6.07, 6.45) is 8.36. The number of rotatable bonds is 2. The van der Waals surface area contributed by atoms with Gasteiger partial charge in [0.15, 0.2) is 0 Å². The van der Waals surface area contributed by atoms with Crippen molar-refractivity contribution >= 4 is 23.3 Å². The summed E-state index contributed by atoms with van der Waals surface area (Å²) in [6, 6.07) is 8.33. The van der Waals surface area contributed by atoms with Crippen molar-refractivity contribution in [2.45, 2.75) is 52.1 Å². The van der Waals surface area contributed by atoms with Crippen molar-refractivity contribution in [1.29, 1.82) is 0 Å². The Labute approximate surface area is 183 Å². The lowest BCUT2D eigenvalue weighted by atomic mass is 9.94. The number of aryl methyl sites for hydroxylation is 1. The molecule has 0 saturated carbocycles. The van der Waals surface area contributed by atoms with Gasteiger partial charge in [-0.3, -0.25) is 14.7 Å². The topological polar surface area (TPSA) is 62.7 Å². The van der Waals surface area contributed by atoms with E-state index >= 15 is 0 Å². The van der Waals surface area contributed by atoms with Crippen molar-refractivity contribution < 1.29 is 14.3 Å². The molecule has 2 amide bonds. The number of anilines is 1. The zero-order chi connectivity index (χ0) is 22.2. The fourth-order valence-corrected chi connectivity index (χ4v) is 4.05. The van der Waals surface area contributed by atoms with Crippen molar-refractivity contribution in [2.75, 3.05) is 18.5 Å². The minimum Gasteiger partial charge on any atom is -0.443 e. The van der Waals surface area contributed by atoms with Crippen molar-refractivity contribution in [1.82, 2.24) is 9.88 Å². The Hall–Kier alpha value is -3.15. The van der Waals surface area contributed by atoms with Crippen LogP contribution in [0.2, 0.25) is 0 Å². The van der Waals surface area contributed by atoms with Gasteiger partial charge in [0.2, 0.25) is 5.91 Å². The molecule has 162 valence electrons. The van der Waals surface area contributed by atoms with Gasteiger partial charge in [-0.1, -0.05) is 6.07 Å². The zero-order valence-corrected chi connectivity index (χ0v) is 18.6. The Morgan fingerprint density at radius 1 is 1.03 bits per heavy atom. The monoisotopic (exact) mass is 419 g/mol. The number of ether oxygens (including phenoxy) is 1. The molecule has 4 rings (SSSR count). The number of pyridine rings is 1. The molecule has 0 atom stereocenters. The second kappa shape index (κ2) is 8.17. The van der Waals surface area contributed by atoms with Crippen molar-refractivity contribution in [3.63, 3.8) is 0 Å². The van der Waals surface area contributed by atoms with Crippen LogP contribution >= 0.6 is 0 Å². The summed E-state index contributed by atoms with van der Waals surface area (Å²) in [5, 5.41) is 0. The lowest BCUT2D eigenvalue weighted by molar-refractivity contribution is -0.118. The number of nitrogens with zero attached hydrogens (tertiary/aromatic N) is 3. The maximum absolute atomic E-state index is 12.5. The van der Waals surface area contributed by atoms with Gasteiger partial charge in [0.1, 0.15) is 5.60 Å². The number of hydrogen-bond donors (Lipinski definition) is 0. The number of allylic oxidation sites excluding steroid dienone is 1. The molecule has 6 nitrogen and oxygen atoms in total. The van der Waals surface area contributed by atoms with Gasteiger partial charge in [0.25, 0.3) is 0 Å². The Balaban J connectivity index is 1.60. The Bertz CT molecular complexity index is 1050. The summed E-state index contributed by atoms with van der Waals surface area (Å²) in [7, 11) is 1.83. The predicted octanol–water partition coefficient (Wildman–Crippen LogP) is 5.03. The van der Waals surface area contributed by atoms with E-state index in [2.05, 4.69) is 17.1 Å². The van der Waals surface area contributed by atoms with Gasteiger partial charge in [0.05, 0.1) is 0 Å². The van der Waals surface area contributed by atoms with Crippen LogP contribution in [-0.4, -0.2) is 41.1 Å². The molecule has 31 heavy (non-hydrogen) atoms. The van der Waals surface area contributed by atoms with Gasteiger partial charge < -0.3 is 9.64 Å². The van der Waals surface area contributed by atoms with Gasteiger partial charge >= 0.3 is 6.09 Å². The Morgan fingerprint density at radius 3 is 2.58 bits per heavy atom. The van der Waals surface area contributed by atoms with Gasteiger partial charge in [-0.15, -0.1) is 0 Å². The minimum absolute atomic E-state index is 0.155. The van der Waals surface area contributed by atoms with Crippen LogP contribution in [0.3, 0.4) is 0 Å². The Morgan fingerprint density at radius 2 is 1.81 bits per heavy atom. The zero-order valence-electron chi connectivity index (χ0n) is 18.6. The van der Waals surface area contributed by atoms with Crippen LogP contribution in [0, 0.1) is 0 Å². The SMILES string of the molecule is CN1C(=O)CCc2cc(-c3cncc(C4=CN(C(=O)OC(C)(C)C)CCC4)c3)ccc21. The third-order valence-electron chi connectivity index (χ3n) is 5.65. The highest BCUT2D eigenvalue weighted by atomic mass is 16.6. The summed E-state index contributed by atoms with van der Waals surface area (Å²) in [4.78, 5) is 32.3. The molecule has 0 fully saturated rings. The molecule has 0 aliphatic carbocycles. The first kappa shape index (κ1) is 21.1. The van der Waals surface area contributed by atoms with E-state index in [1.807, 2.05) is 58.5 Å². The van der Waals surface area contributed by atoms with E-state index in [1.165, 1.54) is 5.56 Å². The number of carbonyl (C=O) groups is 2. The lowest BCUT2D eigenvalue weighted by Gasteiger charge is -2.28. The molecule has 2 aliphatic heterocycles. The average molecular weight is 420 g/mol. The van der Waals surface area contributed by atoms with E-state index in [9.17, 15) is 9.59 Å². The molecule has 0 saturated heterocycles. The normalized spacial score (nSPS) is 16.6. The van der Waals surface area contributed by atoms with Gasteiger partial charge in [-0.25, -0.2) is 4.79 Å². The maximum Gasteiger partial charge on any atom is 0.414 e. The third kappa shape index (κ3) is 4.63. The van der Waals surface area contributed by atoms with Gasteiger partial charge in [-0.2, -0.15) is 0 Å². The van der Waals surface area contributed by atoms with E-state index < -0.39 is 5.60 Å². The Kier molecular flexibility index (Phi) is 5.56. The largest absolute Gasteiger partial charge is 0.443 e. The van der Waals surface area contributed by atoms with Crippen molar-refractivity contribution in [3.8, 4) is 11.1 Å². The standard InChI is InChI=1S/C25H29N3O3/c1-25(2,3)31-24(30)28-11-5-6-19(16-28)21-13-20(14-26-15-21)17-7-9-22-18(12-17)8-10-23(29)27(22)4/h7,9,12-16H,5-6,8,10-11H2,1-4H3. The highest BCUT2D eigenvalue weighted by Gasteiger charge is 2.24. The van der Waals surface area contributed by atoms with Crippen LogP contribution in [0.15, 0.2) is 42.9 Å². The van der Waals surface area contributed by atoms with E-state index in [1.54, 1.807) is 9.80 Å². The summed E-state index contributed by atoms with van der Waals surface area (Å²) < 4.78 is 5.52. The molecule has 1 aromatic heterocycles. The lowest BCUT2D eigenvalue weighted by Crippen LogP contribution is -2.35. The third-order valence-corrected chi connectivity index (χ3v) is 5.65. The number of benzene rings is 1. The number of amides is 2. The van der Waals surface area contributed by atoms with Crippen LogP contribution in [0.1, 0.15) is 51.2 Å². The summed E-state index contributed by atoms with van der Waals surface area (Å²) in [5.41, 5.74) is 5.83. The predicted molar refractivity (Wildman–Crippen MR) is 122 cm³/mol. The van der Waals surface area contributed by atoms with Gasteiger partial charge in [-0.05, 0) is 80.5 Å². The molecular formula is C25H29N3O3. The van der Waals surface area contributed by atoms with Crippen LogP contribution in [0.4, 0.5) is 10.5 Å². The molecule has 2 aromatic rings. The summed E-state index contributed by atoms with van der Waals surface area (Å²) >= 11 is 0. The first-order chi connectivity index (χ1) is 14.7. The molecular weight excluding hydrogens is 390 g/mol. The van der Waals surface area contributed by atoms with Crippen LogP contribution in [0.25, 0.3) is 16.7 Å². The molecule has 0 unspecified atom stereocenters. The van der Waals surface area contributed by atoms with E-state index in [0.29, 0.717) is 13.0 Å². The fraction of sp³-hybridized carbons (Fsp3) is 0.400. The average Bonchev–Trinajstić information content (AvgIpc) is 2.75. The van der Waals surface area contributed by atoms with Gasteiger partial charge in [0, 0.05) is 49.9 Å². The van der Waals surface area contributed by atoms with E-state index in [-0.39, 0.29) is 12.0 Å². The van der Waals surface area contributed by atoms with E-state index in [0.717, 1.165) is 47.2 Å². The molecule has 6 heteroatoms. The number of fused-ring (bicyclic) bond motifs is 1. The van der Waals surface area contributed by atoms with Crippen LogP contribution in [-0.2, 0) is 16.0 Å². The van der Waals surface area contributed by atoms with Crippen LogP contribution < -0.4 is 4.90 Å². The first-order valence-corrected chi connectivity index (χ1v) is 10.8. The van der Waals surface area contributed by atoms with Crippen molar-refractivity contribution in [2.24, 2.45) is 0 Å². The molecule has 0 N–H and O–H groups in total. The second-order valence-corrected chi connectivity index (χ2v) is 9.19. The maximum atomic E-state index is 12.5. The smallest absolute Gasteiger partial charge is 0.414 e. The highest BCUT2D eigenvalue weighted by molar-refractivity contribution is 5.96. The van der Waals surface area contributed by atoms with Crippen LogP contribution in [0.5, 0.6) is 0 Å². The first-order valence-electron chi connectivity index (χ1n) is 10.8. The number of aromatic nitrogens is 1. The quantitative estimate of drug-likeness (QED) is 0.685. The summed E-state index contributed by atoms with van der Waals surface area (Å²) in [5.74, 6) is 0.155. The molecule has 0 bridgehead atoms. The number of carbonyl (C=O) groups excluding carboxylic acids is 2. The minimum atomic E-state index is -0.519. The van der Waals surface area contributed by atoms with Crippen molar-refractivity contribution in [3.05, 3.63) is 54.0 Å². The second-order valence-electron chi connectivity index (χ2n) is 9.19. The molecule has 0 spiro atoms. The molecule has 2 aliphatic rings. The fourth-order valence-electron chi connectivity index (χ4n) is 4.05. The van der Waals surface area contributed by atoms with E-state index in [4.69, 9.17) is 4.74 Å². The summed E-state index contributed by atoms with van der Waals surface area (Å²) in [6.45, 7) is 6.28. The molecule has 0 radical (unpaired) electrons. The highest BCUT2D eigenvalue weighted by Crippen LogP contribution is 2.33. The molecule has 1 aromatic carbocycles. The molecule has 3 heterocycles.